The highest BCUT2D eigenvalue weighted by Gasteiger charge is 2.27. The van der Waals surface area contributed by atoms with Crippen LogP contribution in [0.3, 0.4) is 0 Å². The van der Waals surface area contributed by atoms with E-state index in [-0.39, 0.29) is 35.4 Å². The third kappa shape index (κ3) is 6.06. The van der Waals surface area contributed by atoms with Crippen molar-refractivity contribution in [3.63, 3.8) is 0 Å². The number of rotatable bonds is 9. The van der Waals surface area contributed by atoms with E-state index in [1.165, 1.54) is 17.0 Å². The van der Waals surface area contributed by atoms with Crippen molar-refractivity contribution in [1.82, 2.24) is 10.2 Å². The highest BCUT2D eigenvalue weighted by Crippen LogP contribution is 2.21. The fourth-order valence-corrected chi connectivity index (χ4v) is 3.08. The van der Waals surface area contributed by atoms with Crippen LogP contribution in [0, 0.1) is 5.82 Å². The van der Waals surface area contributed by atoms with Gasteiger partial charge in [-0.05, 0) is 31.0 Å². The van der Waals surface area contributed by atoms with Gasteiger partial charge in [-0.25, -0.2) is 4.39 Å². The number of hydrogen-bond donors (Lipinski definition) is 1. The Kier molecular flexibility index (Phi) is 8.45. The molecular weight excluding hydrogens is 379 g/mol. The standard InChI is InChI=1S/C22H26ClFN2O2/c1-3-4-13-25-22(28)16(2)26(15-17-9-6-5-7-10-17)21(27)14-18-19(23)11-8-12-20(18)24/h5-12,16H,3-4,13-15H2,1-2H3,(H,25,28). The molecule has 0 aliphatic rings. The lowest BCUT2D eigenvalue weighted by molar-refractivity contribution is -0.140. The van der Waals surface area contributed by atoms with Gasteiger partial charge in [0, 0.05) is 23.7 Å². The van der Waals surface area contributed by atoms with E-state index in [0.717, 1.165) is 18.4 Å². The van der Waals surface area contributed by atoms with E-state index in [9.17, 15) is 14.0 Å². The molecule has 0 saturated carbocycles. The van der Waals surface area contributed by atoms with Gasteiger partial charge >= 0.3 is 0 Å². The predicted octanol–water partition coefficient (Wildman–Crippen LogP) is 4.36. The van der Waals surface area contributed by atoms with Crippen molar-refractivity contribution in [2.24, 2.45) is 0 Å². The maximum absolute atomic E-state index is 14.1. The predicted molar refractivity (Wildman–Crippen MR) is 109 cm³/mol. The number of benzene rings is 2. The van der Waals surface area contributed by atoms with Gasteiger partial charge in [-0.15, -0.1) is 0 Å². The van der Waals surface area contributed by atoms with Crippen molar-refractivity contribution < 1.29 is 14.0 Å². The van der Waals surface area contributed by atoms with Crippen LogP contribution in [-0.2, 0) is 22.6 Å². The van der Waals surface area contributed by atoms with E-state index in [0.29, 0.717) is 6.54 Å². The quantitative estimate of drug-likeness (QED) is 0.631. The molecule has 0 bridgehead atoms. The topological polar surface area (TPSA) is 49.4 Å². The van der Waals surface area contributed by atoms with Gasteiger partial charge in [-0.1, -0.05) is 61.3 Å². The Bertz CT molecular complexity index is 778. The van der Waals surface area contributed by atoms with Crippen LogP contribution in [-0.4, -0.2) is 29.3 Å². The number of nitrogens with zero attached hydrogens (tertiary/aromatic N) is 1. The fourth-order valence-electron chi connectivity index (χ4n) is 2.85. The van der Waals surface area contributed by atoms with E-state index >= 15 is 0 Å². The summed E-state index contributed by atoms with van der Waals surface area (Å²) in [5.41, 5.74) is 1.04. The van der Waals surface area contributed by atoms with Crippen LogP contribution in [0.15, 0.2) is 48.5 Å². The van der Waals surface area contributed by atoms with Crippen molar-refractivity contribution in [3.8, 4) is 0 Å². The number of unbranched alkanes of at least 4 members (excludes halogenated alkanes) is 1. The summed E-state index contributed by atoms with van der Waals surface area (Å²) in [6.07, 6.45) is 1.63. The summed E-state index contributed by atoms with van der Waals surface area (Å²) in [6.45, 7) is 4.55. The van der Waals surface area contributed by atoms with Gasteiger partial charge < -0.3 is 10.2 Å². The smallest absolute Gasteiger partial charge is 0.242 e. The molecule has 1 atom stereocenters. The molecule has 0 spiro atoms. The molecule has 28 heavy (non-hydrogen) atoms. The normalized spacial score (nSPS) is 11.7. The highest BCUT2D eigenvalue weighted by atomic mass is 35.5. The molecule has 0 aliphatic carbocycles. The maximum Gasteiger partial charge on any atom is 0.242 e. The Labute approximate surface area is 170 Å². The van der Waals surface area contributed by atoms with Gasteiger partial charge in [0.2, 0.25) is 11.8 Å². The second-order valence-corrected chi connectivity index (χ2v) is 7.11. The van der Waals surface area contributed by atoms with Crippen molar-refractivity contribution in [1.29, 1.82) is 0 Å². The Morgan fingerprint density at radius 3 is 2.50 bits per heavy atom. The number of amides is 2. The summed E-state index contributed by atoms with van der Waals surface area (Å²) < 4.78 is 14.1. The number of nitrogens with one attached hydrogen (secondary N) is 1. The first-order valence-electron chi connectivity index (χ1n) is 9.48. The molecule has 1 N–H and O–H groups in total. The minimum Gasteiger partial charge on any atom is -0.354 e. The number of carbonyl (C=O) groups is 2. The third-order valence-corrected chi connectivity index (χ3v) is 4.94. The Morgan fingerprint density at radius 1 is 1.14 bits per heavy atom. The van der Waals surface area contributed by atoms with Crippen LogP contribution in [0.1, 0.15) is 37.8 Å². The second-order valence-electron chi connectivity index (χ2n) is 6.70. The molecule has 0 radical (unpaired) electrons. The van der Waals surface area contributed by atoms with Crippen LogP contribution in [0.25, 0.3) is 0 Å². The van der Waals surface area contributed by atoms with Crippen LogP contribution >= 0.6 is 11.6 Å². The van der Waals surface area contributed by atoms with Crippen LogP contribution in [0.5, 0.6) is 0 Å². The summed E-state index contributed by atoms with van der Waals surface area (Å²) >= 11 is 6.08. The zero-order valence-electron chi connectivity index (χ0n) is 16.3. The zero-order chi connectivity index (χ0) is 20.5. The molecule has 6 heteroatoms. The first-order valence-corrected chi connectivity index (χ1v) is 9.85. The number of carbonyl (C=O) groups excluding carboxylic acids is 2. The van der Waals surface area contributed by atoms with Gasteiger partial charge in [-0.3, -0.25) is 9.59 Å². The van der Waals surface area contributed by atoms with Crippen molar-refractivity contribution in [3.05, 3.63) is 70.5 Å². The molecule has 0 fully saturated rings. The van der Waals surface area contributed by atoms with Crippen molar-refractivity contribution in [2.45, 2.75) is 45.7 Å². The molecule has 0 aliphatic heterocycles. The fraction of sp³-hybridized carbons (Fsp3) is 0.364. The summed E-state index contributed by atoms with van der Waals surface area (Å²) in [4.78, 5) is 27.0. The average molecular weight is 405 g/mol. The van der Waals surface area contributed by atoms with E-state index in [2.05, 4.69) is 5.32 Å². The first-order chi connectivity index (χ1) is 13.4. The molecule has 150 valence electrons. The average Bonchev–Trinajstić information content (AvgIpc) is 2.69. The lowest BCUT2D eigenvalue weighted by atomic mass is 10.1. The van der Waals surface area contributed by atoms with E-state index < -0.39 is 11.9 Å². The Balaban J connectivity index is 2.21. The first kappa shape index (κ1) is 21.9. The lowest BCUT2D eigenvalue weighted by Crippen LogP contribution is -2.48. The minimum atomic E-state index is -0.685. The molecule has 1 unspecified atom stereocenters. The van der Waals surface area contributed by atoms with Crippen molar-refractivity contribution in [2.75, 3.05) is 6.54 Å². The van der Waals surface area contributed by atoms with Gasteiger partial charge in [0.25, 0.3) is 0 Å². The molecule has 2 aromatic carbocycles. The SMILES string of the molecule is CCCCNC(=O)C(C)N(Cc1ccccc1)C(=O)Cc1c(F)cccc1Cl. The van der Waals surface area contributed by atoms with Gasteiger partial charge in [-0.2, -0.15) is 0 Å². The molecular formula is C22H26ClFN2O2. The van der Waals surface area contributed by atoms with Crippen LogP contribution in [0.4, 0.5) is 4.39 Å². The van der Waals surface area contributed by atoms with Crippen molar-refractivity contribution >= 4 is 23.4 Å². The zero-order valence-corrected chi connectivity index (χ0v) is 17.0. The molecule has 2 aromatic rings. The minimum absolute atomic E-state index is 0.144. The molecule has 0 saturated heterocycles. The number of halogens is 2. The second kappa shape index (κ2) is 10.8. The Morgan fingerprint density at radius 2 is 1.86 bits per heavy atom. The summed E-state index contributed by atoms with van der Waals surface area (Å²) in [6, 6.07) is 13.0. The molecule has 4 nitrogen and oxygen atoms in total. The molecule has 2 amide bonds. The van der Waals surface area contributed by atoms with Crippen LogP contribution < -0.4 is 5.32 Å². The van der Waals surface area contributed by atoms with E-state index in [4.69, 9.17) is 11.6 Å². The molecule has 0 aromatic heterocycles. The molecule has 2 rings (SSSR count). The van der Waals surface area contributed by atoms with E-state index in [1.54, 1.807) is 13.0 Å². The van der Waals surface area contributed by atoms with Gasteiger partial charge in [0.05, 0.1) is 6.42 Å². The Hall–Kier alpha value is -2.40. The largest absolute Gasteiger partial charge is 0.354 e. The highest BCUT2D eigenvalue weighted by molar-refractivity contribution is 6.31. The van der Waals surface area contributed by atoms with Gasteiger partial charge in [0.1, 0.15) is 11.9 Å². The summed E-state index contributed by atoms with van der Waals surface area (Å²) in [5, 5.41) is 3.06. The van der Waals surface area contributed by atoms with Crippen LogP contribution in [0.2, 0.25) is 5.02 Å². The third-order valence-electron chi connectivity index (χ3n) is 4.58. The maximum atomic E-state index is 14.1. The summed E-state index contributed by atoms with van der Waals surface area (Å²) in [7, 11) is 0. The molecule has 0 heterocycles. The number of hydrogen-bond acceptors (Lipinski definition) is 2. The van der Waals surface area contributed by atoms with Gasteiger partial charge in [0.15, 0.2) is 0 Å². The summed E-state index contributed by atoms with van der Waals surface area (Å²) in [5.74, 6) is -1.10. The lowest BCUT2D eigenvalue weighted by Gasteiger charge is -2.29. The monoisotopic (exact) mass is 404 g/mol. The van der Waals surface area contributed by atoms with E-state index in [1.807, 2.05) is 37.3 Å².